The lowest BCUT2D eigenvalue weighted by Crippen LogP contribution is -2.64. The van der Waals surface area contributed by atoms with Crippen LogP contribution in [0.5, 0.6) is 0 Å². The lowest BCUT2D eigenvalue weighted by Gasteiger charge is -2.31. The summed E-state index contributed by atoms with van der Waals surface area (Å²) in [5.74, 6) is -0.734. The van der Waals surface area contributed by atoms with Crippen molar-refractivity contribution in [2.75, 3.05) is 10.3 Å². The number of nitrogens with zero attached hydrogens (tertiary/aromatic N) is 2. The zero-order chi connectivity index (χ0) is 20.3. The number of benzene rings is 3. The molecule has 1 heterocycles. The quantitative estimate of drug-likeness (QED) is 0.663. The summed E-state index contributed by atoms with van der Waals surface area (Å²) in [5.41, 5.74) is 0.924. The van der Waals surface area contributed by atoms with Gasteiger partial charge in [-0.05, 0) is 24.3 Å². The molecule has 144 valence electrons. The van der Waals surface area contributed by atoms with Gasteiger partial charge < -0.3 is 10.6 Å². The SMILES string of the molecule is CC(=O)NC1(Nc2ccccc2)C(=O)N(c2ccccc2)N=C1c1ccccc1. The number of amides is 2. The van der Waals surface area contributed by atoms with Crippen LogP contribution in [-0.4, -0.2) is 23.2 Å². The molecule has 0 saturated heterocycles. The Morgan fingerprint density at radius 1 is 0.862 bits per heavy atom. The fraction of sp³-hybridized carbons (Fsp3) is 0.0870. The first-order valence-corrected chi connectivity index (χ1v) is 9.26. The van der Waals surface area contributed by atoms with Crippen molar-refractivity contribution >= 4 is 28.9 Å². The summed E-state index contributed by atoms with van der Waals surface area (Å²) in [6.45, 7) is 1.38. The first-order valence-electron chi connectivity index (χ1n) is 9.26. The van der Waals surface area contributed by atoms with E-state index in [-0.39, 0.29) is 11.8 Å². The maximum Gasteiger partial charge on any atom is 0.300 e. The Morgan fingerprint density at radius 3 is 2.00 bits per heavy atom. The average molecular weight is 384 g/mol. The van der Waals surface area contributed by atoms with Gasteiger partial charge in [0, 0.05) is 18.2 Å². The smallest absolute Gasteiger partial charge is 0.300 e. The second kappa shape index (κ2) is 7.59. The summed E-state index contributed by atoms with van der Waals surface area (Å²) in [5, 5.41) is 12.0. The molecule has 0 fully saturated rings. The van der Waals surface area contributed by atoms with Crippen molar-refractivity contribution in [1.82, 2.24) is 5.32 Å². The van der Waals surface area contributed by atoms with Crippen molar-refractivity contribution in [2.45, 2.75) is 12.6 Å². The number of carbonyl (C=O) groups is 2. The molecule has 1 aliphatic heterocycles. The third-order valence-electron chi connectivity index (χ3n) is 4.59. The monoisotopic (exact) mass is 384 g/mol. The molecule has 0 aromatic heterocycles. The van der Waals surface area contributed by atoms with Crippen LogP contribution in [0.25, 0.3) is 0 Å². The molecule has 0 saturated carbocycles. The van der Waals surface area contributed by atoms with Crippen LogP contribution in [0.3, 0.4) is 0 Å². The molecule has 3 aromatic carbocycles. The molecule has 0 aliphatic carbocycles. The zero-order valence-corrected chi connectivity index (χ0v) is 15.9. The summed E-state index contributed by atoms with van der Waals surface area (Å²) in [6, 6.07) is 27.8. The Kier molecular flexibility index (Phi) is 4.83. The van der Waals surface area contributed by atoms with Crippen molar-refractivity contribution in [3.63, 3.8) is 0 Å². The molecule has 1 unspecified atom stereocenters. The first-order chi connectivity index (χ1) is 14.1. The molecular weight excluding hydrogens is 364 g/mol. The van der Waals surface area contributed by atoms with E-state index in [1.54, 1.807) is 12.1 Å². The van der Waals surface area contributed by atoms with E-state index >= 15 is 0 Å². The van der Waals surface area contributed by atoms with Crippen LogP contribution < -0.4 is 15.6 Å². The number of hydrogen-bond donors (Lipinski definition) is 2. The lowest BCUT2D eigenvalue weighted by atomic mass is 9.95. The van der Waals surface area contributed by atoms with Gasteiger partial charge in [-0.1, -0.05) is 66.7 Å². The highest BCUT2D eigenvalue weighted by Gasteiger charge is 2.53. The van der Waals surface area contributed by atoms with Crippen LogP contribution in [0.4, 0.5) is 11.4 Å². The van der Waals surface area contributed by atoms with Gasteiger partial charge in [0.15, 0.2) is 0 Å². The van der Waals surface area contributed by atoms with Crippen LogP contribution in [0, 0.1) is 0 Å². The van der Waals surface area contributed by atoms with Crippen LogP contribution in [-0.2, 0) is 9.59 Å². The molecule has 0 spiro atoms. The number of anilines is 2. The molecule has 0 bridgehead atoms. The summed E-state index contributed by atoms with van der Waals surface area (Å²) in [4.78, 5) is 25.9. The molecule has 6 heteroatoms. The third-order valence-corrected chi connectivity index (χ3v) is 4.59. The van der Waals surface area contributed by atoms with Crippen molar-refractivity contribution in [1.29, 1.82) is 0 Å². The normalized spacial score (nSPS) is 18.3. The number of hydrazone groups is 1. The molecule has 0 radical (unpaired) electrons. The van der Waals surface area contributed by atoms with Crippen molar-refractivity contribution in [2.24, 2.45) is 5.10 Å². The summed E-state index contributed by atoms with van der Waals surface area (Å²) >= 11 is 0. The molecule has 1 atom stereocenters. The predicted octanol–water partition coefficient (Wildman–Crippen LogP) is 3.38. The van der Waals surface area contributed by atoms with Crippen molar-refractivity contribution in [3.8, 4) is 0 Å². The Balaban J connectivity index is 1.89. The van der Waals surface area contributed by atoms with E-state index in [0.717, 1.165) is 5.56 Å². The summed E-state index contributed by atoms with van der Waals surface area (Å²) < 4.78 is 0. The third kappa shape index (κ3) is 3.48. The highest BCUT2D eigenvalue weighted by atomic mass is 16.2. The van der Waals surface area contributed by atoms with Crippen LogP contribution >= 0.6 is 0 Å². The van der Waals surface area contributed by atoms with Gasteiger partial charge in [-0.15, -0.1) is 0 Å². The number of hydrogen-bond acceptors (Lipinski definition) is 4. The number of para-hydroxylation sites is 2. The standard InChI is InChI=1S/C23H20N4O2/c1-17(28)24-23(25-19-13-7-3-8-14-19)21(18-11-5-2-6-12-18)26-27(22(23)29)20-15-9-4-10-16-20/h2-16,25H,1H3,(H,24,28). The molecule has 6 nitrogen and oxygen atoms in total. The molecule has 1 aliphatic rings. The Bertz CT molecular complexity index is 1050. The Hall–Kier alpha value is -3.93. The van der Waals surface area contributed by atoms with Crippen molar-refractivity contribution < 1.29 is 9.59 Å². The van der Waals surface area contributed by atoms with Gasteiger partial charge in [-0.2, -0.15) is 10.1 Å². The topological polar surface area (TPSA) is 73.8 Å². The van der Waals surface area contributed by atoms with Gasteiger partial charge in [0.05, 0.1) is 5.69 Å². The fourth-order valence-electron chi connectivity index (χ4n) is 3.35. The maximum atomic E-state index is 13.7. The van der Waals surface area contributed by atoms with Gasteiger partial charge in [0.25, 0.3) is 0 Å². The highest BCUT2D eigenvalue weighted by Crippen LogP contribution is 2.31. The largest absolute Gasteiger partial charge is 0.350 e. The van der Waals surface area contributed by atoms with E-state index in [1.165, 1.54) is 11.9 Å². The van der Waals surface area contributed by atoms with E-state index in [2.05, 4.69) is 15.7 Å². The minimum atomic E-state index is -1.54. The summed E-state index contributed by atoms with van der Waals surface area (Å²) in [7, 11) is 0. The van der Waals surface area contributed by atoms with E-state index in [4.69, 9.17) is 0 Å². The second-order valence-corrected chi connectivity index (χ2v) is 6.69. The predicted molar refractivity (Wildman–Crippen MR) is 114 cm³/mol. The van der Waals surface area contributed by atoms with E-state index in [9.17, 15) is 9.59 Å². The zero-order valence-electron chi connectivity index (χ0n) is 15.9. The van der Waals surface area contributed by atoms with E-state index in [1.807, 2.05) is 78.9 Å². The van der Waals surface area contributed by atoms with Crippen LogP contribution in [0.15, 0.2) is 96.1 Å². The Labute approximate surface area is 168 Å². The van der Waals surface area contributed by atoms with Gasteiger partial charge in [0.1, 0.15) is 5.71 Å². The maximum absolute atomic E-state index is 13.7. The number of nitrogens with one attached hydrogen (secondary N) is 2. The van der Waals surface area contributed by atoms with Gasteiger partial charge in [0.2, 0.25) is 11.6 Å². The minimum absolute atomic E-state index is 0.347. The van der Waals surface area contributed by atoms with Gasteiger partial charge in [-0.3, -0.25) is 9.59 Å². The van der Waals surface area contributed by atoms with Crippen LogP contribution in [0.2, 0.25) is 0 Å². The minimum Gasteiger partial charge on any atom is -0.350 e. The summed E-state index contributed by atoms with van der Waals surface area (Å²) in [6.07, 6.45) is 0. The molecule has 4 rings (SSSR count). The first kappa shape index (κ1) is 18.4. The molecule has 2 N–H and O–H groups in total. The Morgan fingerprint density at radius 2 is 1.41 bits per heavy atom. The van der Waals surface area contributed by atoms with Crippen molar-refractivity contribution in [3.05, 3.63) is 96.6 Å². The lowest BCUT2D eigenvalue weighted by molar-refractivity contribution is -0.127. The second-order valence-electron chi connectivity index (χ2n) is 6.69. The van der Waals surface area contributed by atoms with Crippen LogP contribution in [0.1, 0.15) is 12.5 Å². The van der Waals surface area contributed by atoms with E-state index < -0.39 is 5.66 Å². The molecule has 2 amide bonds. The van der Waals surface area contributed by atoms with E-state index in [0.29, 0.717) is 17.1 Å². The number of carbonyl (C=O) groups excluding carboxylic acids is 2. The fourth-order valence-corrected chi connectivity index (χ4v) is 3.35. The molecule has 3 aromatic rings. The van der Waals surface area contributed by atoms with Gasteiger partial charge in [-0.25, -0.2) is 0 Å². The molecular formula is C23H20N4O2. The van der Waals surface area contributed by atoms with Gasteiger partial charge >= 0.3 is 5.91 Å². The highest BCUT2D eigenvalue weighted by molar-refractivity contribution is 6.30. The average Bonchev–Trinajstić information content (AvgIpc) is 3.01. The molecule has 29 heavy (non-hydrogen) atoms. The number of rotatable bonds is 5.